The summed E-state index contributed by atoms with van der Waals surface area (Å²) in [4.78, 5) is 47.1. The molecule has 4 rings (SSSR count). The van der Waals surface area contributed by atoms with E-state index in [1.807, 2.05) is 13.8 Å². The van der Waals surface area contributed by atoms with Crippen LogP contribution in [0.15, 0.2) is 49.6 Å². The fourth-order valence-corrected chi connectivity index (χ4v) is 6.71. The molecule has 0 aliphatic carbocycles. The third kappa shape index (κ3) is 4.46. The van der Waals surface area contributed by atoms with Crippen molar-refractivity contribution < 1.29 is 24.2 Å². The number of fused-ring (bicyclic) bond motifs is 1. The quantitative estimate of drug-likeness (QED) is 0.433. The van der Waals surface area contributed by atoms with Crippen molar-refractivity contribution in [2.24, 2.45) is 17.8 Å². The highest BCUT2D eigenvalue weighted by molar-refractivity contribution is 6.30. The molecule has 3 fully saturated rings. The zero-order valence-electron chi connectivity index (χ0n) is 22.4. The fraction of sp³-hybridized carbons (Fsp3) is 0.552. The van der Waals surface area contributed by atoms with Gasteiger partial charge >= 0.3 is 0 Å². The molecule has 3 aliphatic rings. The molecule has 1 aromatic rings. The normalized spacial score (nSPS) is 29.1. The molecule has 3 amide bonds. The Balaban J connectivity index is 1.83. The molecule has 1 N–H and O–H groups in total. The molecule has 3 heterocycles. The average molecular weight is 544 g/mol. The molecule has 1 spiro atoms. The Bertz CT molecular complexity index is 1090. The Morgan fingerprint density at radius 2 is 1.89 bits per heavy atom. The van der Waals surface area contributed by atoms with Crippen molar-refractivity contribution in [3.63, 3.8) is 0 Å². The average Bonchev–Trinajstić information content (AvgIpc) is 3.55. The van der Waals surface area contributed by atoms with E-state index >= 15 is 0 Å². The monoisotopic (exact) mass is 543 g/mol. The molecule has 2 bridgehead atoms. The van der Waals surface area contributed by atoms with E-state index in [2.05, 4.69) is 13.2 Å². The first-order chi connectivity index (χ1) is 18.2. The lowest BCUT2D eigenvalue weighted by Crippen LogP contribution is -2.60. The van der Waals surface area contributed by atoms with E-state index in [1.165, 1.54) is 0 Å². The molecule has 38 heavy (non-hydrogen) atoms. The highest BCUT2D eigenvalue weighted by Crippen LogP contribution is 2.59. The number of benzene rings is 1. The van der Waals surface area contributed by atoms with Crippen molar-refractivity contribution >= 4 is 35.0 Å². The Labute approximate surface area is 229 Å². The van der Waals surface area contributed by atoms with E-state index in [1.54, 1.807) is 58.2 Å². The third-order valence-corrected chi connectivity index (χ3v) is 8.85. The summed E-state index contributed by atoms with van der Waals surface area (Å²) in [7, 11) is 1.69. The van der Waals surface area contributed by atoms with Crippen molar-refractivity contribution in [1.29, 1.82) is 0 Å². The molecule has 8 nitrogen and oxygen atoms in total. The Morgan fingerprint density at radius 3 is 2.47 bits per heavy atom. The van der Waals surface area contributed by atoms with Gasteiger partial charge in [0.25, 0.3) is 5.91 Å². The molecule has 7 atom stereocenters. The Kier molecular flexibility index (Phi) is 8.35. The van der Waals surface area contributed by atoms with Gasteiger partial charge in [-0.05, 0) is 43.0 Å². The number of hydrogen-bond donors (Lipinski definition) is 1. The lowest BCUT2D eigenvalue weighted by atomic mass is 9.70. The number of likely N-dealkylation sites (N-methyl/N-ethyl adjacent to an activating group) is 1. The van der Waals surface area contributed by atoms with Crippen LogP contribution < -0.4 is 4.90 Å². The van der Waals surface area contributed by atoms with E-state index < -0.39 is 35.6 Å². The van der Waals surface area contributed by atoms with Crippen molar-refractivity contribution in [3.8, 4) is 0 Å². The zero-order chi connectivity index (χ0) is 27.8. The van der Waals surface area contributed by atoms with Gasteiger partial charge in [-0.2, -0.15) is 0 Å². The van der Waals surface area contributed by atoms with Gasteiger partial charge in [0.2, 0.25) is 11.8 Å². The number of anilines is 1. The maximum absolute atomic E-state index is 14.5. The maximum Gasteiger partial charge on any atom is 0.253 e. The number of aliphatic hydroxyl groups is 1. The van der Waals surface area contributed by atoms with E-state index in [-0.39, 0.29) is 36.8 Å². The number of hydrogen-bond acceptors (Lipinski definition) is 5. The molecule has 206 valence electrons. The van der Waals surface area contributed by atoms with Crippen molar-refractivity contribution in [3.05, 3.63) is 54.6 Å². The van der Waals surface area contributed by atoms with Crippen LogP contribution in [0.4, 0.5) is 5.69 Å². The number of carbonyl (C=O) groups excluding carboxylic acids is 3. The minimum absolute atomic E-state index is 0.0762. The highest BCUT2D eigenvalue weighted by atomic mass is 35.5. The number of ether oxygens (including phenoxy) is 1. The van der Waals surface area contributed by atoms with Gasteiger partial charge in [-0.1, -0.05) is 44.0 Å². The molecule has 3 saturated heterocycles. The van der Waals surface area contributed by atoms with Crippen LogP contribution in [-0.4, -0.2) is 83.2 Å². The third-order valence-electron chi connectivity index (χ3n) is 8.60. The molecule has 1 aromatic carbocycles. The van der Waals surface area contributed by atoms with Crippen LogP contribution in [-0.2, 0) is 19.1 Å². The summed E-state index contributed by atoms with van der Waals surface area (Å²) in [5, 5.41) is 11.0. The Hall–Kier alpha value is -2.68. The largest absolute Gasteiger partial charge is 0.394 e. The summed E-state index contributed by atoms with van der Waals surface area (Å²) in [6, 6.07) is 5.33. The predicted molar refractivity (Wildman–Crippen MR) is 147 cm³/mol. The van der Waals surface area contributed by atoms with E-state index in [0.29, 0.717) is 36.5 Å². The minimum atomic E-state index is -1.15. The minimum Gasteiger partial charge on any atom is -0.394 e. The predicted octanol–water partition coefficient (Wildman–Crippen LogP) is 3.29. The van der Waals surface area contributed by atoms with Crippen LogP contribution in [0.25, 0.3) is 0 Å². The van der Waals surface area contributed by atoms with Crippen LogP contribution in [0.2, 0.25) is 5.02 Å². The van der Waals surface area contributed by atoms with Crippen molar-refractivity contribution in [2.75, 3.05) is 31.6 Å². The van der Waals surface area contributed by atoms with Crippen LogP contribution in [0.3, 0.4) is 0 Å². The van der Waals surface area contributed by atoms with Gasteiger partial charge in [0.15, 0.2) is 0 Å². The standard InChI is InChI=1S/C29H38ClN3O5/c1-6-15-31(5)26(35)23-22-13-14-29(38-22)24(23)27(36)33(21(17-34)18(4)8-3)25(29)28(37)32(16-7-2)20-11-9-19(30)10-12-20/h6-7,9-12,18,21-25,34H,1-2,8,13-17H2,3-5H3/t18-,21-,22-,23+,24-,25?,29?/m0/s1. The summed E-state index contributed by atoms with van der Waals surface area (Å²) >= 11 is 6.10. The summed E-state index contributed by atoms with van der Waals surface area (Å²) in [5.41, 5.74) is -0.539. The van der Waals surface area contributed by atoms with Gasteiger partial charge in [0.05, 0.1) is 30.6 Å². The number of amides is 3. The van der Waals surface area contributed by atoms with Gasteiger partial charge in [0, 0.05) is 30.8 Å². The molecule has 9 heteroatoms. The van der Waals surface area contributed by atoms with Crippen molar-refractivity contribution in [1.82, 2.24) is 9.80 Å². The van der Waals surface area contributed by atoms with Gasteiger partial charge in [-0.25, -0.2) is 0 Å². The second-order valence-electron chi connectivity index (χ2n) is 10.7. The van der Waals surface area contributed by atoms with Gasteiger partial charge in [0.1, 0.15) is 11.6 Å². The number of rotatable bonds is 11. The summed E-state index contributed by atoms with van der Waals surface area (Å²) in [6.45, 7) is 11.8. The molecule has 2 unspecified atom stereocenters. The van der Waals surface area contributed by atoms with Crippen molar-refractivity contribution in [2.45, 2.75) is 56.9 Å². The maximum atomic E-state index is 14.5. The molecule has 3 aliphatic heterocycles. The van der Waals surface area contributed by atoms with E-state index in [4.69, 9.17) is 16.3 Å². The SMILES string of the molecule is C=CCN(C)C(=O)[C@@H]1[C@@H]2CCC3(O2)C(C(=O)N(CC=C)c2ccc(Cl)cc2)N([C@@H](CO)[C@@H](C)CC)C(=O)[C@H]13. The Morgan fingerprint density at radius 1 is 1.24 bits per heavy atom. The second-order valence-corrected chi connectivity index (χ2v) is 11.1. The number of halogens is 1. The summed E-state index contributed by atoms with van der Waals surface area (Å²) in [6.07, 6.45) is 4.59. The van der Waals surface area contributed by atoms with Gasteiger partial charge < -0.3 is 24.5 Å². The summed E-state index contributed by atoms with van der Waals surface area (Å²) < 4.78 is 6.56. The highest BCUT2D eigenvalue weighted by Gasteiger charge is 2.75. The van der Waals surface area contributed by atoms with E-state index in [9.17, 15) is 19.5 Å². The summed E-state index contributed by atoms with van der Waals surface area (Å²) in [5.74, 6) is -2.38. The zero-order valence-corrected chi connectivity index (χ0v) is 23.1. The number of nitrogens with zero attached hydrogens (tertiary/aromatic N) is 3. The lowest BCUT2D eigenvalue weighted by molar-refractivity contribution is -0.148. The first-order valence-corrected chi connectivity index (χ1v) is 13.7. The molecule has 0 radical (unpaired) electrons. The smallest absolute Gasteiger partial charge is 0.253 e. The lowest BCUT2D eigenvalue weighted by Gasteiger charge is -2.40. The fourth-order valence-electron chi connectivity index (χ4n) is 6.58. The van der Waals surface area contributed by atoms with Crippen LogP contribution in [0.1, 0.15) is 33.1 Å². The topological polar surface area (TPSA) is 90.4 Å². The van der Waals surface area contributed by atoms with Crippen LogP contribution in [0, 0.1) is 17.8 Å². The first kappa shape index (κ1) is 28.3. The molecule has 0 saturated carbocycles. The molecular weight excluding hydrogens is 506 g/mol. The molecule has 0 aromatic heterocycles. The van der Waals surface area contributed by atoms with Crippen LogP contribution in [0.5, 0.6) is 0 Å². The number of aliphatic hydroxyl groups excluding tert-OH is 1. The first-order valence-electron chi connectivity index (χ1n) is 13.3. The van der Waals surface area contributed by atoms with Crippen LogP contribution >= 0.6 is 11.6 Å². The second kappa shape index (κ2) is 11.2. The molecular formula is C29H38ClN3O5. The number of likely N-dealkylation sites (tertiary alicyclic amines) is 1. The van der Waals surface area contributed by atoms with Gasteiger partial charge in [-0.15, -0.1) is 13.2 Å². The number of carbonyl (C=O) groups is 3. The van der Waals surface area contributed by atoms with E-state index in [0.717, 1.165) is 0 Å². The van der Waals surface area contributed by atoms with Gasteiger partial charge in [-0.3, -0.25) is 14.4 Å².